The molecule has 0 aliphatic carbocycles. The zero-order chi connectivity index (χ0) is 24.4. The van der Waals surface area contributed by atoms with Crippen molar-refractivity contribution in [3.8, 4) is 28.7 Å². The first-order valence-electron chi connectivity index (χ1n) is 9.99. The van der Waals surface area contributed by atoms with Crippen LogP contribution in [0, 0.1) is 0 Å². The molecule has 0 saturated carbocycles. The van der Waals surface area contributed by atoms with Crippen LogP contribution in [0.4, 0.5) is 0 Å². The SMILES string of the molecule is COc1cc(OC)cc(OC(C)(C)C(=O)OCCOc2ccc(/C=C/C(=O)O)cc2OC)c1. The van der Waals surface area contributed by atoms with E-state index >= 15 is 0 Å². The van der Waals surface area contributed by atoms with Gasteiger partial charge in [0.25, 0.3) is 0 Å². The summed E-state index contributed by atoms with van der Waals surface area (Å²) in [6.07, 6.45) is 2.47. The van der Waals surface area contributed by atoms with E-state index in [9.17, 15) is 9.59 Å². The Morgan fingerprint density at radius 1 is 0.879 bits per heavy atom. The second-order valence-electron chi connectivity index (χ2n) is 7.23. The fourth-order valence-electron chi connectivity index (χ4n) is 2.71. The molecule has 0 amide bonds. The van der Waals surface area contributed by atoms with E-state index in [4.69, 9.17) is 33.5 Å². The molecular formula is C24H28O9. The molecule has 0 heterocycles. The highest BCUT2D eigenvalue weighted by Crippen LogP contribution is 2.30. The highest BCUT2D eigenvalue weighted by molar-refractivity contribution is 5.85. The molecule has 0 aromatic heterocycles. The Hall–Kier alpha value is -3.88. The Morgan fingerprint density at radius 3 is 2.09 bits per heavy atom. The largest absolute Gasteiger partial charge is 0.496 e. The van der Waals surface area contributed by atoms with Crippen molar-refractivity contribution in [2.75, 3.05) is 34.5 Å². The molecule has 0 radical (unpaired) electrons. The Morgan fingerprint density at radius 2 is 1.52 bits per heavy atom. The van der Waals surface area contributed by atoms with Gasteiger partial charge in [-0.1, -0.05) is 6.07 Å². The van der Waals surface area contributed by atoms with Crippen molar-refractivity contribution >= 4 is 18.0 Å². The van der Waals surface area contributed by atoms with E-state index in [1.165, 1.54) is 27.4 Å². The summed E-state index contributed by atoms with van der Waals surface area (Å²) in [5, 5.41) is 8.73. The first-order chi connectivity index (χ1) is 15.7. The van der Waals surface area contributed by atoms with Crippen molar-refractivity contribution < 1.29 is 43.1 Å². The molecule has 0 unspecified atom stereocenters. The second-order valence-corrected chi connectivity index (χ2v) is 7.23. The van der Waals surface area contributed by atoms with Gasteiger partial charge in [-0.25, -0.2) is 9.59 Å². The van der Waals surface area contributed by atoms with Gasteiger partial charge >= 0.3 is 11.9 Å². The fraction of sp³-hybridized carbons (Fsp3) is 0.333. The van der Waals surface area contributed by atoms with E-state index in [-0.39, 0.29) is 13.2 Å². The molecule has 2 aromatic rings. The van der Waals surface area contributed by atoms with Crippen LogP contribution in [0.5, 0.6) is 28.7 Å². The standard InChI is InChI=1S/C24H28O9/c1-24(2,33-19-14-17(28-3)13-18(15-19)29-4)23(27)32-11-10-31-20-8-6-16(7-9-22(25)26)12-21(20)30-5/h6-9,12-15H,10-11H2,1-5H3,(H,25,26)/b9-7+. The van der Waals surface area contributed by atoms with Crippen LogP contribution >= 0.6 is 0 Å². The maximum Gasteiger partial charge on any atom is 0.350 e. The average molecular weight is 460 g/mol. The minimum absolute atomic E-state index is 0.0170. The van der Waals surface area contributed by atoms with Gasteiger partial charge in [-0.2, -0.15) is 0 Å². The molecule has 0 atom stereocenters. The minimum atomic E-state index is -1.27. The molecular weight excluding hydrogens is 432 g/mol. The molecule has 0 bridgehead atoms. The van der Waals surface area contributed by atoms with Gasteiger partial charge in [0.1, 0.15) is 30.5 Å². The van der Waals surface area contributed by atoms with E-state index in [1.807, 2.05) is 0 Å². The van der Waals surface area contributed by atoms with Crippen LogP contribution < -0.4 is 23.7 Å². The predicted molar refractivity (Wildman–Crippen MR) is 120 cm³/mol. The van der Waals surface area contributed by atoms with Crippen LogP contribution in [0.3, 0.4) is 0 Å². The Bertz CT molecular complexity index is 973. The first-order valence-corrected chi connectivity index (χ1v) is 9.99. The fourth-order valence-corrected chi connectivity index (χ4v) is 2.71. The quantitative estimate of drug-likeness (QED) is 0.289. The van der Waals surface area contributed by atoms with Crippen molar-refractivity contribution in [1.82, 2.24) is 0 Å². The molecule has 9 nitrogen and oxygen atoms in total. The summed E-state index contributed by atoms with van der Waals surface area (Å²) in [6.45, 7) is 3.25. The predicted octanol–water partition coefficient (Wildman–Crippen LogP) is 3.59. The van der Waals surface area contributed by atoms with Gasteiger partial charge in [0.2, 0.25) is 0 Å². The summed E-state index contributed by atoms with van der Waals surface area (Å²) in [5.74, 6) is 0.680. The van der Waals surface area contributed by atoms with Crippen LogP contribution in [-0.2, 0) is 14.3 Å². The number of carboxylic acids is 1. The summed E-state index contributed by atoms with van der Waals surface area (Å²) < 4.78 is 32.4. The number of carbonyl (C=O) groups excluding carboxylic acids is 1. The summed E-state index contributed by atoms with van der Waals surface area (Å²) in [6, 6.07) is 9.94. The van der Waals surface area contributed by atoms with Crippen molar-refractivity contribution in [3.05, 3.63) is 48.0 Å². The molecule has 178 valence electrons. The zero-order valence-corrected chi connectivity index (χ0v) is 19.2. The van der Waals surface area contributed by atoms with Crippen LogP contribution in [0.2, 0.25) is 0 Å². The number of hydrogen-bond donors (Lipinski definition) is 1. The lowest BCUT2D eigenvalue weighted by atomic mass is 10.1. The normalized spacial score (nSPS) is 11.1. The Kier molecular flexibility index (Phi) is 8.97. The average Bonchev–Trinajstić information content (AvgIpc) is 2.79. The first kappa shape index (κ1) is 25.4. The maximum atomic E-state index is 12.5. The summed E-state index contributed by atoms with van der Waals surface area (Å²) >= 11 is 0. The molecule has 0 aliphatic rings. The lowest BCUT2D eigenvalue weighted by molar-refractivity contribution is -0.160. The molecule has 0 aliphatic heterocycles. The third-order valence-corrected chi connectivity index (χ3v) is 4.37. The highest BCUT2D eigenvalue weighted by Gasteiger charge is 2.32. The molecule has 2 aromatic carbocycles. The summed E-state index contributed by atoms with van der Waals surface area (Å²) in [5.41, 5.74) is -0.631. The number of hydrogen-bond acceptors (Lipinski definition) is 8. The van der Waals surface area contributed by atoms with E-state index in [1.54, 1.807) is 50.2 Å². The van der Waals surface area contributed by atoms with Crippen molar-refractivity contribution in [2.24, 2.45) is 0 Å². The van der Waals surface area contributed by atoms with E-state index in [2.05, 4.69) is 0 Å². The number of ether oxygens (including phenoxy) is 6. The van der Waals surface area contributed by atoms with Gasteiger partial charge in [0, 0.05) is 24.3 Å². The number of aliphatic carboxylic acids is 1. The monoisotopic (exact) mass is 460 g/mol. The van der Waals surface area contributed by atoms with Crippen LogP contribution in [-0.4, -0.2) is 57.2 Å². The number of benzene rings is 2. The van der Waals surface area contributed by atoms with E-state index in [0.717, 1.165) is 6.08 Å². The van der Waals surface area contributed by atoms with Gasteiger partial charge in [-0.05, 0) is 37.6 Å². The van der Waals surface area contributed by atoms with Gasteiger partial charge in [-0.3, -0.25) is 0 Å². The van der Waals surface area contributed by atoms with Gasteiger partial charge in [0.05, 0.1) is 21.3 Å². The van der Waals surface area contributed by atoms with Crippen LogP contribution in [0.25, 0.3) is 6.08 Å². The second kappa shape index (κ2) is 11.7. The number of carboxylic acid groups (broad SMARTS) is 1. The third-order valence-electron chi connectivity index (χ3n) is 4.37. The minimum Gasteiger partial charge on any atom is -0.496 e. The highest BCUT2D eigenvalue weighted by atomic mass is 16.6. The molecule has 9 heteroatoms. The molecule has 33 heavy (non-hydrogen) atoms. The van der Waals surface area contributed by atoms with Gasteiger partial charge in [0.15, 0.2) is 17.1 Å². The Balaban J connectivity index is 1.92. The van der Waals surface area contributed by atoms with E-state index < -0.39 is 17.5 Å². The summed E-state index contributed by atoms with van der Waals surface area (Å²) in [4.78, 5) is 23.2. The van der Waals surface area contributed by atoms with Crippen molar-refractivity contribution in [3.63, 3.8) is 0 Å². The molecule has 2 rings (SSSR count). The smallest absolute Gasteiger partial charge is 0.350 e. The van der Waals surface area contributed by atoms with Crippen LogP contribution in [0.1, 0.15) is 19.4 Å². The number of carbonyl (C=O) groups is 2. The van der Waals surface area contributed by atoms with Gasteiger partial charge < -0.3 is 33.5 Å². The molecule has 0 spiro atoms. The molecule has 0 saturated heterocycles. The van der Waals surface area contributed by atoms with Crippen LogP contribution in [0.15, 0.2) is 42.5 Å². The Labute approximate surface area is 192 Å². The lowest BCUT2D eigenvalue weighted by Gasteiger charge is -2.25. The van der Waals surface area contributed by atoms with Crippen molar-refractivity contribution in [1.29, 1.82) is 0 Å². The van der Waals surface area contributed by atoms with Gasteiger partial charge in [-0.15, -0.1) is 0 Å². The topological polar surface area (TPSA) is 110 Å². The maximum absolute atomic E-state index is 12.5. The molecule has 1 N–H and O–H groups in total. The number of methoxy groups -OCH3 is 3. The number of esters is 1. The lowest BCUT2D eigenvalue weighted by Crippen LogP contribution is -2.40. The van der Waals surface area contributed by atoms with Crippen molar-refractivity contribution in [2.45, 2.75) is 19.4 Å². The summed E-state index contributed by atoms with van der Waals surface area (Å²) in [7, 11) is 4.51. The van der Waals surface area contributed by atoms with E-state index in [0.29, 0.717) is 34.3 Å². The number of rotatable bonds is 12. The zero-order valence-electron chi connectivity index (χ0n) is 19.2. The third kappa shape index (κ3) is 7.64. The molecule has 0 fully saturated rings.